The summed E-state index contributed by atoms with van der Waals surface area (Å²) in [4.78, 5) is 11.8. The molecule has 86 valence electrons. The molecular weight excluding hydrogens is 275 g/mol. The molecule has 0 saturated carbocycles. The summed E-state index contributed by atoms with van der Waals surface area (Å²) in [5.41, 5.74) is 0.531. The van der Waals surface area contributed by atoms with E-state index >= 15 is 0 Å². The summed E-state index contributed by atoms with van der Waals surface area (Å²) < 4.78 is 18.7. The van der Waals surface area contributed by atoms with Gasteiger partial charge in [0.15, 0.2) is 5.78 Å². The minimum Gasteiger partial charge on any atom is -0.378 e. The average Bonchev–Trinajstić information content (AvgIpc) is 2.74. The second-order valence-electron chi connectivity index (χ2n) is 3.89. The highest BCUT2D eigenvalue weighted by Gasteiger charge is 2.20. The van der Waals surface area contributed by atoms with Crippen molar-refractivity contribution >= 4 is 21.7 Å². The Morgan fingerprint density at radius 3 is 3.00 bits per heavy atom. The summed E-state index contributed by atoms with van der Waals surface area (Å²) in [7, 11) is 0. The van der Waals surface area contributed by atoms with Gasteiger partial charge in [-0.2, -0.15) is 0 Å². The molecule has 4 heteroatoms. The topological polar surface area (TPSA) is 26.3 Å². The van der Waals surface area contributed by atoms with Crippen LogP contribution in [0.25, 0.3) is 0 Å². The van der Waals surface area contributed by atoms with E-state index in [-0.39, 0.29) is 17.7 Å². The molecule has 1 saturated heterocycles. The van der Waals surface area contributed by atoms with E-state index < -0.39 is 0 Å². The zero-order valence-corrected chi connectivity index (χ0v) is 10.3. The Morgan fingerprint density at radius 2 is 2.38 bits per heavy atom. The molecule has 2 nitrogen and oxygen atoms in total. The zero-order valence-electron chi connectivity index (χ0n) is 8.71. The quantitative estimate of drug-likeness (QED) is 0.797. The number of hydrogen-bond acceptors (Lipinski definition) is 2. The van der Waals surface area contributed by atoms with Gasteiger partial charge in [-0.15, -0.1) is 0 Å². The van der Waals surface area contributed by atoms with Crippen molar-refractivity contribution in [2.24, 2.45) is 0 Å². The molecule has 1 atom stereocenters. The van der Waals surface area contributed by atoms with Crippen molar-refractivity contribution in [3.63, 3.8) is 0 Å². The monoisotopic (exact) mass is 286 g/mol. The predicted molar refractivity (Wildman–Crippen MR) is 62.0 cm³/mol. The largest absolute Gasteiger partial charge is 0.378 e. The van der Waals surface area contributed by atoms with Gasteiger partial charge < -0.3 is 4.74 Å². The average molecular weight is 287 g/mol. The fraction of sp³-hybridized carbons (Fsp3) is 0.417. The molecule has 0 N–H and O–H groups in total. The third-order valence-corrected chi connectivity index (χ3v) is 3.29. The number of carbonyl (C=O) groups is 1. The Bertz CT molecular complexity index is 400. The summed E-state index contributed by atoms with van der Waals surface area (Å²) in [5, 5.41) is 0. The molecule has 0 spiro atoms. The van der Waals surface area contributed by atoms with Gasteiger partial charge in [0, 0.05) is 18.6 Å². The smallest absolute Gasteiger partial charge is 0.165 e. The van der Waals surface area contributed by atoms with E-state index in [1.165, 1.54) is 18.2 Å². The van der Waals surface area contributed by atoms with E-state index in [0.29, 0.717) is 16.5 Å². The minimum absolute atomic E-state index is 0.00704. The first kappa shape index (κ1) is 11.7. The van der Waals surface area contributed by atoms with Crippen LogP contribution in [0.2, 0.25) is 0 Å². The van der Waals surface area contributed by atoms with E-state index in [2.05, 4.69) is 15.9 Å². The van der Waals surface area contributed by atoms with Crippen LogP contribution >= 0.6 is 15.9 Å². The van der Waals surface area contributed by atoms with Crippen molar-refractivity contribution in [2.75, 3.05) is 6.61 Å². The lowest BCUT2D eigenvalue weighted by Crippen LogP contribution is -2.12. The Balaban J connectivity index is 2.05. The Labute approximate surface area is 102 Å². The van der Waals surface area contributed by atoms with Gasteiger partial charge in [-0.3, -0.25) is 4.79 Å². The molecule has 1 aliphatic heterocycles. The summed E-state index contributed by atoms with van der Waals surface area (Å²) in [6.45, 7) is 0.741. The summed E-state index contributed by atoms with van der Waals surface area (Å²) in [6, 6.07) is 4.33. The van der Waals surface area contributed by atoms with Gasteiger partial charge in [-0.05, 0) is 47.0 Å². The normalized spacial score (nSPS) is 20.0. The van der Waals surface area contributed by atoms with Crippen molar-refractivity contribution in [2.45, 2.75) is 25.4 Å². The zero-order chi connectivity index (χ0) is 11.5. The molecule has 1 aromatic carbocycles. The first-order valence-corrected chi connectivity index (χ1v) is 6.06. The second-order valence-corrected chi connectivity index (χ2v) is 4.75. The third-order valence-electron chi connectivity index (χ3n) is 2.68. The number of benzene rings is 1. The lowest BCUT2D eigenvalue weighted by atomic mass is 10.0. The van der Waals surface area contributed by atoms with Gasteiger partial charge in [0.25, 0.3) is 0 Å². The molecule has 1 fully saturated rings. The van der Waals surface area contributed by atoms with Gasteiger partial charge in [0.2, 0.25) is 0 Å². The summed E-state index contributed by atoms with van der Waals surface area (Å²) >= 11 is 3.07. The Morgan fingerprint density at radius 1 is 1.56 bits per heavy atom. The van der Waals surface area contributed by atoms with Gasteiger partial charge in [0.05, 0.1) is 10.6 Å². The fourth-order valence-corrected chi connectivity index (χ4v) is 2.18. The SMILES string of the molecule is O=C(CC1CCCO1)c1ccc(F)c(Br)c1. The Hall–Kier alpha value is -0.740. The van der Waals surface area contributed by atoms with Crippen LogP contribution in [-0.2, 0) is 4.74 Å². The van der Waals surface area contributed by atoms with Gasteiger partial charge in [-0.1, -0.05) is 0 Å². The number of halogens is 2. The third kappa shape index (κ3) is 2.68. The summed E-state index contributed by atoms with van der Waals surface area (Å²) in [6.07, 6.45) is 2.38. The van der Waals surface area contributed by atoms with Crippen molar-refractivity contribution in [3.05, 3.63) is 34.1 Å². The van der Waals surface area contributed by atoms with Gasteiger partial charge >= 0.3 is 0 Å². The van der Waals surface area contributed by atoms with Crippen molar-refractivity contribution in [1.82, 2.24) is 0 Å². The molecule has 1 unspecified atom stereocenters. The first-order chi connectivity index (χ1) is 7.66. The van der Waals surface area contributed by atoms with Crippen LogP contribution in [0.4, 0.5) is 4.39 Å². The van der Waals surface area contributed by atoms with Crippen LogP contribution in [0.1, 0.15) is 29.6 Å². The number of rotatable bonds is 3. The number of Topliss-reactive ketones (excluding diaryl/α,β-unsaturated/α-hetero) is 1. The summed E-state index contributed by atoms with van der Waals surface area (Å²) in [5.74, 6) is -0.346. The Kier molecular flexibility index (Phi) is 3.71. The molecule has 0 aliphatic carbocycles. The van der Waals surface area contributed by atoms with Crippen LogP contribution in [0.15, 0.2) is 22.7 Å². The molecule has 1 aromatic rings. The predicted octanol–water partition coefficient (Wildman–Crippen LogP) is 3.34. The highest BCUT2D eigenvalue weighted by atomic mass is 79.9. The van der Waals surface area contributed by atoms with Crippen molar-refractivity contribution in [1.29, 1.82) is 0 Å². The van der Waals surface area contributed by atoms with Crippen LogP contribution in [0.5, 0.6) is 0 Å². The fourth-order valence-electron chi connectivity index (χ4n) is 1.80. The highest BCUT2D eigenvalue weighted by Crippen LogP contribution is 2.21. The van der Waals surface area contributed by atoms with E-state index in [1.54, 1.807) is 0 Å². The van der Waals surface area contributed by atoms with Crippen LogP contribution in [0.3, 0.4) is 0 Å². The lowest BCUT2D eigenvalue weighted by Gasteiger charge is -2.08. The maximum atomic E-state index is 13.0. The molecule has 16 heavy (non-hydrogen) atoms. The lowest BCUT2D eigenvalue weighted by molar-refractivity contribution is 0.0775. The molecule has 1 aliphatic rings. The second kappa shape index (κ2) is 5.06. The maximum absolute atomic E-state index is 13.0. The molecule has 0 bridgehead atoms. The van der Waals surface area contributed by atoms with Crippen LogP contribution < -0.4 is 0 Å². The molecular formula is C12H12BrFO2. The van der Waals surface area contributed by atoms with Gasteiger partial charge in [-0.25, -0.2) is 4.39 Å². The molecule has 1 heterocycles. The highest BCUT2D eigenvalue weighted by molar-refractivity contribution is 9.10. The maximum Gasteiger partial charge on any atom is 0.165 e. The van der Waals surface area contributed by atoms with E-state index in [0.717, 1.165) is 19.4 Å². The van der Waals surface area contributed by atoms with Crippen molar-refractivity contribution in [3.8, 4) is 0 Å². The standard InChI is InChI=1S/C12H12BrFO2/c13-10-6-8(3-4-11(10)14)12(15)7-9-2-1-5-16-9/h3-4,6,9H,1-2,5,7H2. The first-order valence-electron chi connectivity index (χ1n) is 5.26. The number of hydrogen-bond donors (Lipinski definition) is 0. The minimum atomic E-state index is -0.353. The van der Waals surface area contributed by atoms with Gasteiger partial charge in [0.1, 0.15) is 5.82 Å². The number of ketones is 1. The van der Waals surface area contributed by atoms with Crippen molar-refractivity contribution < 1.29 is 13.9 Å². The number of ether oxygens (including phenoxy) is 1. The molecule has 0 amide bonds. The van der Waals surface area contributed by atoms with E-state index in [9.17, 15) is 9.18 Å². The van der Waals surface area contributed by atoms with Crippen LogP contribution in [-0.4, -0.2) is 18.5 Å². The molecule has 2 rings (SSSR count). The number of carbonyl (C=O) groups excluding carboxylic acids is 1. The molecule has 0 aromatic heterocycles. The van der Waals surface area contributed by atoms with E-state index in [4.69, 9.17) is 4.74 Å². The van der Waals surface area contributed by atoms with E-state index in [1.807, 2.05) is 0 Å². The molecule has 0 radical (unpaired) electrons. The van der Waals surface area contributed by atoms with Crippen LogP contribution in [0, 0.1) is 5.82 Å².